The largest absolute Gasteiger partial charge is 0.356 e. The Morgan fingerprint density at radius 2 is 1.71 bits per heavy atom. The number of anilines is 3. The zero-order valence-electron chi connectivity index (χ0n) is 21.0. The summed E-state index contributed by atoms with van der Waals surface area (Å²) in [5.74, 6) is 0.462. The Hall–Kier alpha value is -4.37. The third-order valence-corrected chi connectivity index (χ3v) is 7.86. The molecule has 0 saturated carbocycles. The maximum atomic E-state index is 13.4. The van der Waals surface area contributed by atoms with Crippen LogP contribution >= 0.6 is 11.8 Å². The molecule has 9 heteroatoms. The van der Waals surface area contributed by atoms with Crippen molar-refractivity contribution in [2.45, 2.75) is 31.5 Å². The van der Waals surface area contributed by atoms with Crippen molar-refractivity contribution in [1.29, 1.82) is 0 Å². The molecule has 2 aromatic heterocycles. The summed E-state index contributed by atoms with van der Waals surface area (Å²) in [5, 5.41) is 11.8. The van der Waals surface area contributed by atoms with Crippen LogP contribution in [0.15, 0.2) is 88.9 Å². The van der Waals surface area contributed by atoms with Gasteiger partial charge in [-0.1, -0.05) is 36.0 Å². The summed E-state index contributed by atoms with van der Waals surface area (Å²) in [5.41, 5.74) is 6.19. The van der Waals surface area contributed by atoms with Gasteiger partial charge in [0, 0.05) is 29.2 Å². The molecule has 3 heterocycles. The number of amides is 1. The SMILES string of the molecule is Cc1ccc(-n2ncc3c(=O)n4c(nc32)SCC4CC(=O)Nc2ccc(Nc3ccccc3)cc2)cc1C. The van der Waals surface area contributed by atoms with E-state index in [2.05, 4.69) is 22.7 Å². The fourth-order valence-electron chi connectivity index (χ4n) is 4.58. The molecule has 1 atom stereocenters. The Morgan fingerprint density at radius 1 is 0.974 bits per heavy atom. The van der Waals surface area contributed by atoms with Gasteiger partial charge in [-0.3, -0.25) is 14.2 Å². The molecule has 8 nitrogen and oxygen atoms in total. The average Bonchev–Trinajstić information content (AvgIpc) is 3.52. The predicted octanol–water partition coefficient (Wildman–Crippen LogP) is 5.62. The van der Waals surface area contributed by atoms with Gasteiger partial charge in [0.25, 0.3) is 5.56 Å². The van der Waals surface area contributed by atoms with E-state index in [0.29, 0.717) is 27.6 Å². The van der Waals surface area contributed by atoms with Gasteiger partial charge in [0.1, 0.15) is 5.39 Å². The topological polar surface area (TPSA) is 93.8 Å². The molecule has 2 N–H and O–H groups in total. The van der Waals surface area contributed by atoms with E-state index in [1.165, 1.54) is 17.3 Å². The standard InChI is InChI=1S/C29H26N6O2S/c1-18-8-13-23(14-19(18)2)35-27-25(16-30-35)28(37)34-24(17-38-29(34)33-27)15-26(36)32-22-11-9-21(10-12-22)31-20-6-4-3-5-7-20/h3-14,16,24,31H,15,17H2,1-2H3,(H,32,36). The van der Waals surface area contributed by atoms with Crippen LogP contribution in [0.1, 0.15) is 23.6 Å². The van der Waals surface area contributed by atoms with Crippen LogP contribution in [0, 0.1) is 13.8 Å². The number of nitrogens with one attached hydrogen (secondary N) is 2. The number of nitrogens with zero attached hydrogens (tertiary/aromatic N) is 4. The van der Waals surface area contributed by atoms with Gasteiger partial charge in [0.15, 0.2) is 10.8 Å². The van der Waals surface area contributed by atoms with Crippen LogP contribution in [0.5, 0.6) is 0 Å². The van der Waals surface area contributed by atoms with Crippen molar-refractivity contribution >= 4 is 45.8 Å². The fourth-order valence-corrected chi connectivity index (χ4v) is 5.71. The van der Waals surface area contributed by atoms with Crippen molar-refractivity contribution in [2.24, 2.45) is 0 Å². The maximum Gasteiger partial charge on any atom is 0.265 e. The van der Waals surface area contributed by atoms with Crippen LogP contribution in [0.2, 0.25) is 0 Å². The Balaban J connectivity index is 1.18. The fraction of sp³-hybridized carbons (Fsp3) is 0.172. The van der Waals surface area contributed by atoms with E-state index in [9.17, 15) is 9.59 Å². The first-order valence-corrected chi connectivity index (χ1v) is 13.4. The number of benzene rings is 3. The molecule has 5 aromatic rings. The quantitative estimate of drug-likeness (QED) is 0.281. The lowest BCUT2D eigenvalue weighted by Gasteiger charge is -2.14. The first kappa shape index (κ1) is 24.0. The van der Waals surface area contributed by atoms with Crippen molar-refractivity contribution in [3.8, 4) is 5.69 Å². The molecule has 190 valence electrons. The van der Waals surface area contributed by atoms with E-state index in [1.807, 2.05) is 79.7 Å². The van der Waals surface area contributed by atoms with E-state index in [0.717, 1.165) is 22.6 Å². The van der Waals surface area contributed by atoms with Crippen molar-refractivity contribution in [1.82, 2.24) is 19.3 Å². The number of hydrogen-bond acceptors (Lipinski definition) is 6. The minimum Gasteiger partial charge on any atom is -0.356 e. The van der Waals surface area contributed by atoms with Crippen molar-refractivity contribution in [3.63, 3.8) is 0 Å². The molecule has 1 aliphatic heterocycles. The second-order valence-corrected chi connectivity index (χ2v) is 10.4. The summed E-state index contributed by atoms with van der Waals surface area (Å²) in [4.78, 5) is 31.1. The maximum absolute atomic E-state index is 13.4. The molecule has 0 aliphatic carbocycles. The number of thioether (sulfide) groups is 1. The number of hydrogen-bond donors (Lipinski definition) is 2. The molecule has 0 radical (unpaired) electrons. The van der Waals surface area contributed by atoms with Crippen LogP contribution < -0.4 is 16.2 Å². The zero-order valence-corrected chi connectivity index (χ0v) is 21.8. The predicted molar refractivity (Wildman–Crippen MR) is 152 cm³/mol. The van der Waals surface area contributed by atoms with Crippen molar-refractivity contribution in [3.05, 3.63) is 100 Å². The summed E-state index contributed by atoms with van der Waals surface area (Å²) in [7, 11) is 0. The van der Waals surface area contributed by atoms with Crippen LogP contribution in [-0.2, 0) is 4.79 Å². The molecular weight excluding hydrogens is 496 g/mol. The first-order valence-electron chi connectivity index (χ1n) is 12.4. The van der Waals surface area contributed by atoms with Crippen LogP contribution in [-0.4, -0.2) is 31.0 Å². The van der Waals surface area contributed by atoms with Gasteiger partial charge in [-0.25, -0.2) is 9.67 Å². The van der Waals surface area contributed by atoms with E-state index in [1.54, 1.807) is 15.4 Å². The van der Waals surface area contributed by atoms with Crippen LogP contribution in [0.4, 0.5) is 17.1 Å². The molecule has 1 amide bonds. The minimum atomic E-state index is -0.275. The number of rotatable bonds is 6. The van der Waals surface area contributed by atoms with E-state index in [-0.39, 0.29) is 23.9 Å². The number of fused-ring (bicyclic) bond motifs is 2. The smallest absolute Gasteiger partial charge is 0.265 e. The second kappa shape index (κ2) is 9.83. The average molecular weight is 523 g/mol. The van der Waals surface area contributed by atoms with Crippen LogP contribution in [0.3, 0.4) is 0 Å². The number of aromatic nitrogens is 4. The molecular formula is C29H26N6O2S. The van der Waals surface area contributed by atoms with E-state index >= 15 is 0 Å². The highest BCUT2D eigenvalue weighted by molar-refractivity contribution is 7.99. The van der Waals surface area contributed by atoms with Crippen molar-refractivity contribution in [2.75, 3.05) is 16.4 Å². The summed E-state index contributed by atoms with van der Waals surface area (Å²) >= 11 is 1.49. The third-order valence-electron chi connectivity index (χ3n) is 6.76. The van der Waals surface area contributed by atoms with Crippen LogP contribution in [0.25, 0.3) is 16.7 Å². The molecule has 1 unspecified atom stereocenters. The minimum absolute atomic E-state index is 0.148. The van der Waals surface area contributed by atoms with Gasteiger partial charge >= 0.3 is 0 Å². The third kappa shape index (κ3) is 4.56. The monoisotopic (exact) mass is 522 g/mol. The van der Waals surface area contributed by atoms with Gasteiger partial charge in [0.05, 0.1) is 17.9 Å². The molecule has 38 heavy (non-hydrogen) atoms. The van der Waals surface area contributed by atoms with E-state index in [4.69, 9.17) is 4.98 Å². The number of para-hydroxylation sites is 1. The Morgan fingerprint density at radius 3 is 2.47 bits per heavy atom. The lowest BCUT2D eigenvalue weighted by Crippen LogP contribution is -2.27. The zero-order chi connectivity index (χ0) is 26.2. The van der Waals surface area contributed by atoms with Gasteiger partial charge < -0.3 is 10.6 Å². The highest BCUT2D eigenvalue weighted by Gasteiger charge is 2.29. The Bertz CT molecular complexity index is 1710. The summed E-state index contributed by atoms with van der Waals surface area (Å²) in [6.07, 6.45) is 1.75. The van der Waals surface area contributed by atoms with Gasteiger partial charge in [-0.15, -0.1) is 0 Å². The Labute approximate surface area is 223 Å². The molecule has 0 spiro atoms. The molecule has 3 aromatic carbocycles. The molecule has 0 saturated heterocycles. The second-order valence-electron chi connectivity index (χ2n) is 9.42. The van der Waals surface area contributed by atoms with Gasteiger partial charge in [-0.05, 0) is 73.5 Å². The highest BCUT2D eigenvalue weighted by Crippen LogP contribution is 2.34. The van der Waals surface area contributed by atoms with Gasteiger partial charge in [0.2, 0.25) is 5.91 Å². The number of carbonyl (C=O) groups is 1. The summed E-state index contributed by atoms with van der Waals surface area (Å²) < 4.78 is 3.35. The Kier molecular flexibility index (Phi) is 6.21. The summed E-state index contributed by atoms with van der Waals surface area (Å²) in [6, 6.07) is 23.2. The highest BCUT2D eigenvalue weighted by atomic mass is 32.2. The normalized spacial score (nSPS) is 14.4. The van der Waals surface area contributed by atoms with E-state index < -0.39 is 0 Å². The van der Waals surface area contributed by atoms with Gasteiger partial charge in [-0.2, -0.15) is 5.10 Å². The molecule has 6 rings (SSSR count). The summed E-state index contributed by atoms with van der Waals surface area (Å²) in [6.45, 7) is 4.11. The molecule has 1 aliphatic rings. The number of aryl methyl sites for hydroxylation is 2. The molecule has 0 bridgehead atoms. The number of carbonyl (C=O) groups excluding carboxylic acids is 1. The molecule has 0 fully saturated rings. The van der Waals surface area contributed by atoms with Crippen molar-refractivity contribution < 1.29 is 4.79 Å². The lowest BCUT2D eigenvalue weighted by atomic mass is 10.1. The lowest BCUT2D eigenvalue weighted by molar-refractivity contribution is -0.116. The first-order chi connectivity index (χ1) is 18.5.